The lowest BCUT2D eigenvalue weighted by Gasteiger charge is -2.38. The van der Waals surface area contributed by atoms with Crippen LogP contribution >= 0.6 is 0 Å². The third-order valence-corrected chi connectivity index (χ3v) is 4.14. The Hall–Kier alpha value is -1.79. The molecule has 3 atom stereocenters. The zero-order chi connectivity index (χ0) is 14.9. The highest BCUT2D eigenvalue weighted by molar-refractivity contribution is 5.84. The Balaban J connectivity index is 2.01. The quantitative estimate of drug-likeness (QED) is 0.761. The number of piperidine rings is 1. The number of hydrogen-bond acceptors (Lipinski definition) is 3. The van der Waals surface area contributed by atoms with Gasteiger partial charge in [-0.2, -0.15) is 0 Å². The number of carboxylic acid groups (broad SMARTS) is 1. The van der Waals surface area contributed by atoms with Gasteiger partial charge in [0.15, 0.2) is 0 Å². The van der Waals surface area contributed by atoms with E-state index in [1.54, 1.807) is 18.9 Å². The number of hydrogen-bond donors (Lipinski definition) is 2. The van der Waals surface area contributed by atoms with Gasteiger partial charge in [-0.05, 0) is 12.8 Å². The molecule has 0 aliphatic carbocycles. The molecule has 2 N–H and O–H groups in total. The highest BCUT2D eigenvalue weighted by Gasteiger charge is 2.43. The number of urea groups is 1. The van der Waals surface area contributed by atoms with E-state index >= 15 is 0 Å². The number of aliphatic carboxylic acids is 1. The monoisotopic (exact) mass is 283 g/mol. The molecule has 3 unspecified atom stereocenters. The smallest absolute Gasteiger partial charge is 0.320 e. The molecule has 2 aliphatic heterocycles. The first-order valence-electron chi connectivity index (χ1n) is 6.94. The maximum absolute atomic E-state index is 12.4. The topological polar surface area (TPSA) is 90.0 Å². The van der Waals surface area contributed by atoms with Crippen molar-refractivity contribution in [2.75, 3.05) is 26.7 Å². The highest BCUT2D eigenvalue weighted by Crippen LogP contribution is 2.28. The van der Waals surface area contributed by atoms with Crippen molar-refractivity contribution < 1.29 is 19.5 Å². The molecule has 7 nitrogen and oxygen atoms in total. The molecule has 3 amide bonds. The highest BCUT2D eigenvalue weighted by atomic mass is 16.4. The number of rotatable bonds is 3. The van der Waals surface area contributed by atoms with Crippen LogP contribution in [0.15, 0.2) is 0 Å². The van der Waals surface area contributed by atoms with Gasteiger partial charge in [-0.25, -0.2) is 4.79 Å². The molecule has 0 aromatic heterocycles. The number of carboxylic acids is 1. The maximum atomic E-state index is 12.4. The standard InChI is InChI=1S/C13H21N3O4/c1-8(12(18)19)7-15(2)13(20)16-5-3-4-9-10(16)6-14-11(9)17/h8-10H,3-7H2,1-2H3,(H,14,17)(H,18,19). The van der Waals surface area contributed by atoms with Crippen LogP contribution in [0.3, 0.4) is 0 Å². The van der Waals surface area contributed by atoms with Crippen molar-refractivity contribution in [1.82, 2.24) is 15.1 Å². The van der Waals surface area contributed by atoms with Gasteiger partial charge >= 0.3 is 12.0 Å². The normalized spacial score (nSPS) is 26.7. The van der Waals surface area contributed by atoms with Crippen LogP contribution in [-0.4, -0.2) is 65.5 Å². The number of carbonyl (C=O) groups excluding carboxylic acids is 2. The first-order chi connectivity index (χ1) is 9.41. The lowest BCUT2D eigenvalue weighted by Crippen LogP contribution is -2.53. The predicted molar refractivity (Wildman–Crippen MR) is 71.1 cm³/mol. The SMILES string of the molecule is CC(CN(C)C(=O)N1CCCC2C(=O)NCC21)C(=O)O. The zero-order valence-electron chi connectivity index (χ0n) is 11.8. The van der Waals surface area contributed by atoms with E-state index < -0.39 is 11.9 Å². The van der Waals surface area contributed by atoms with Gasteiger partial charge in [-0.1, -0.05) is 6.92 Å². The number of likely N-dealkylation sites (tertiary alicyclic amines) is 1. The van der Waals surface area contributed by atoms with E-state index in [-0.39, 0.29) is 30.4 Å². The molecule has 112 valence electrons. The van der Waals surface area contributed by atoms with E-state index in [2.05, 4.69) is 5.32 Å². The number of fused-ring (bicyclic) bond motifs is 1. The van der Waals surface area contributed by atoms with Crippen LogP contribution in [0.5, 0.6) is 0 Å². The molecule has 2 aliphatic rings. The Bertz CT molecular complexity index is 426. The van der Waals surface area contributed by atoms with E-state index in [0.717, 1.165) is 12.8 Å². The molecule has 2 heterocycles. The average Bonchev–Trinajstić information content (AvgIpc) is 2.79. The number of carbonyl (C=O) groups is 3. The van der Waals surface area contributed by atoms with Gasteiger partial charge in [0.25, 0.3) is 0 Å². The van der Waals surface area contributed by atoms with Crippen molar-refractivity contribution in [2.45, 2.75) is 25.8 Å². The molecular weight excluding hydrogens is 262 g/mol. The van der Waals surface area contributed by atoms with Crippen molar-refractivity contribution in [3.63, 3.8) is 0 Å². The number of nitrogens with one attached hydrogen (secondary N) is 1. The van der Waals surface area contributed by atoms with Crippen molar-refractivity contribution in [3.8, 4) is 0 Å². The van der Waals surface area contributed by atoms with E-state index in [0.29, 0.717) is 13.1 Å². The Kier molecular flexibility index (Phi) is 4.15. The van der Waals surface area contributed by atoms with Gasteiger partial charge in [0.1, 0.15) is 0 Å². The molecule has 7 heteroatoms. The maximum Gasteiger partial charge on any atom is 0.320 e. The van der Waals surface area contributed by atoms with Gasteiger partial charge < -0.3 is 20.2 Å². The minimum absolute atomic E-state index is 0.0223. The van der Waals surface area contributed by atoms with Crippen LogP contribution < -0.4 is 5.32 Å². The van der Waals surface area contributed by atoms with Crippen LogP contribution in [0.25, 0.3) is 0 Å². The molecular formula is C13H21N3O4. The average molecular weight is 283 g/mol. The lowest BCUT2D eigenvalue weighted by atomic mass is 9.92. The summed E-state index contributed by atoms with van der Waals surface area (Å²) < 4.78 is 0. The van der Waals surface area contributed by atoms with Gasteiger partial charge in [-0.15, -0.1) is 0 Å². The molecule has 0 spiro atoms. The van der Waals surface area contributed by atoms with Crippen molar-refractivity contribution in [1.29, 1.82) is 0 Å². The molecule has 2 saturated heterocycles. The van der Waals surface area contributed by atoms with E-state index in [4.69, 9.17) is 5.11 Å². The van der Waals surface area contributed by atoms with Gasteiger partial charge in [0, 0.05) is 26.7 Å². The summed E-state index contributed by atoms with van der Waals surface area (Å²) in [5.74, 6) is -1.61. The van der Waals surface area contributed by atoms with E-state index in [9.17, 15) is 14.4 Å². The van der Waals surface area contributed by atoms with Gasteiger partial charge in [0.05, 0.1) is 17.9 Å². The van der Waals surface area contributed by atoms with Crippen molar-refractivity contribution >= 4 is 17.9 Å². The fraction of sp³-hybridized carbons (Fsp3) is 0.769. The second-order valence-electron chi connectivity index (χ2n) is 5.66. The zero-order valence-corrected chi connectivity index (χ0v) is 11.8. The Morgan fingerprint density at radius 2 is 2.25 bits per heavy atom. The first kappa shape index (κ1) is 14.6. The van der Waals surface area contributed by atoms with E-state index in [1.807, 2.05) is 0 Å². The molecule has 0 aromatic carbocycles. The summed E-state index contributed by atoms with van der Waals surface area (Å²) in [5, 5.41) is 11.7. The first-order valence-corrected chi connectivity index (χ1v) is 6.94. The fourth-order valence-corrected chi connectivity index (χ4v) is 2.98. The molecule has 2 fully saturated rings. The summed E-state index contributed by atoms with van der Waals surface area (Å²) in [4.78, 5) is 38.1. The predicted octanol–water partition coefficient (Wildman–Crippen LogP) is -0.0307. The molecule has 0 saturated carbocycles. The summed E-state index contributed by atoms with van der Waals surface area (Å²) in [6.45, 7) is 2.87. The second kappa shape index (κ2) is 5.68. The van der Waals surface area contributed by atoms with Crippen LogP contribution in [0.4, 0.5) is 4.79 Å². The van der Waals surface area contributed by atoms with Gasteiger partial charge in [0.2, 0.25) is 5.91 Å². The summed E-state index contributed by atoms with van der Waals surface area (Å²) in [6, 6.07) is -0.282. The fourth-order valence-electron chi connectivity index (χ4n) is 2.98. The van der Waals surface area contributed by atoms with Crippen molar-refractivity contribution in [2.24, 2.45) is 11.8 Å². The van der Waals surface area contributed by atoms with Gasteiger partial charge in [-0.3, -0.25) is 9.59 Å². The Morgan fingerprint density at radius 3 is 2.90 bits per heavy atom. The Morgan fingerprint density at radius 1 is 1.55 bits per heavy atom. The molecule has 0 bridgehead atoms. The number of amides is 3. The largest absolute Gasteiger partial charge is 0.481 e. The molecule has 2 rings (SSSR count). The summed E-state index contributed by atoms with van der Waals surface area (Å²) >= 11 is 0. The summed E-state index contributed by atoms with van der Waals surface area (Å²) in [7, 11) is 1.61. The van der Waals surface area contributed by atoms with Crippen LogP contribution in [-0.2, 0) is 9.59 Å². The molecule has 0 radical (unpaired) electrons. The van der Waals surface area contributed by atoms with Crippen LogP contribution in [0.2, 0.25) is 0 Å². The van der Waals surface area contributed by atoms with E-state index in [1.165, 1.54) is 4.90 Å². The summed E-state index contributed by atoms with van der Waals surface area (Å²) in [6.07, 6.45) is 1.62. The number of nitrogens with zero attached hydrogens (tertiary/aromatic N) is 2. The third kappa shape index (κ3) is 2.71. The Labute approximate surface area is 117 Å². The second-order valence-corrected chi connectivity index (χ2v) is 5.66. The minimum Gasteiger partial charge on any atom is -0.481 e. The van der Waals surface area contributed by atoms with Crippen LogP contribution in [0, 0.1) is 11.8 Å². The lowest BCUT2D eigenvalue weighted by molar-refractivity contribution is -0.141. The van der Waals surface area contributed by atoms with Crippen molar-refractivity contribution in [3.05, 3.63) is 0 Å². The molecule has 20 heavy (non-hydrogen) atoms. The minimum atomic E-state index is -0.918. The molecule has 0 aromatic rings. The summed E-state index contributed by atoms with van der Waals surface area (Å²) in [5.41, 5.74) is 0. The third-order valence-electron chi connectivity index (χ3n) is 4.14. The van der Waals surface area contributed by atoms with Crippen LogP contribution in [0.1, 0.15) is 19.8 Å².